The molecule has 2 aliphatic rings. The molecule has 0 radical (unpaired) electrons. The quantitative estimate of drug-likeness (QED) is 0.439. The summed E-state index contributed by atoms with van der Waals surface area (Å²) in [7, 11) is 2.19. The SMILES string of the molecule is COC(=O)[C@]12O[C@H](c3ccccc3)O[C@@]1(C(=O)OC)COC2=O. The Labute approximate surface area is 131 Å². The number of benzene rings is 1. The van der Waals surface area contributed by atoms with Gasteiger partial charge in [0.25, 0.3) is 5.60 Å². The Bertz CT molecular complexity index is 657. The van der Waals surface area contributed by atoms with Gasteiger partial charge in [0.15, 0.2) is 6.29 Å². The van der Waals surface area contributed by atoms with Gasteiger partial charge in [-0.15, -0.1) is 0 Å². The number of carbonyl (C=O) groups is 3. The zero-order valence-corrected chi connectivity index (χ0v) is 12.4. The van der Waals surface area contributed by atoms with Crippen LogP contribution in [0.2, 0.25) is 0 Å². The standard InChI is InChI=1S/C15H14O8/c1-19-11(16)14-8-21-13(18)15(14,12(17)20-2)23-10(22-14)9-6-4-3-5-7-9/h3-7,10H,8H2,1-2H3/t10-,14-,15-/m1/s1. The first kappa shape index (κ1) is 15.4. The lowest BCUT2D eigenvalue weighted by Gasteiger charge is -2.26. The average Bonchev–Trinajstić information content (AvgIpc) is 3.08. The molecule has 0 saturated carbocycles. The maximum absolute atomic E-state index is 12.3. The molecular formula is C15H14O8. The van der Waals surface area contributed by atoms with Gasteiger partial charge in [0.05, 0.1) is 14.2 Å². The summed E-state index contributed by atoms with van der Waals surface area (Å²) in [5, 5.41) is 0. The van der Waals surface area contributed by atoms with E-state index in [0.29, 0.717) is 5.56 Å². The van der Waals surface area contributed by atoms with Crippen LogP contribution < -0.4 is 0 Å². The zero-order valence-electron chi connectivity index (χ0n) is 12.4. The molecule has 122 valence electrons. The van der Waals surface area contributed by atoms with Gasteiger partial charge in [-0.25, -0.2) is 14.4 Å². The van der Waals surface area contributed by atoms with Crippen molar-refractivity contribution in [3.05, 3.63) is 35.9 Å². The van der Waals surface area contributed by atoms with Crippen molar-refractivity contribution in [1.82, 2.24) is 0 Å². The fourth-order valence-corrected chi connectivity index (χ4v) is 2.76. The Balaban J connectivity index is 2.12. The number of carbonyl (C=O) groups excluding carboxylic acids is 3. The number of rotatable bonds is 3. The van der Waals surface area contributed by atoms with E-state index >= 15 is 0 Å². The third-order valence-corrected chi connectivity index (χ3v) is 3.91. The lowest BCUT2D eigenvalue weighted by Crippen LogP contribution is -2.63. The predicted molar refractivity (Wildman–Crippen MR) is 71.8 cm³/mol. The minimum absolute atomic E-state index is 0.503. The molecule has 8 heteroatoms. The highest BCUT2D eigenvalue weighted by atomic mass is 16.8. The lowest BCUT2D eigenvalue weighted by atomic mass is 9.85. The van der Waals surface area contributed by atoms with E-state index < -0.39 is 42.0 Å². The van der Waals surface area contributed by atoms with Gasteiger partial charge in [-0.2, -0.15) is 0 Å². The van der Waals surface area contributed by atoms with Crippen LogP contribution in [0, 0.1) is 0 Å². The smallest absolute Gasteiger partial charge is 0.354 e. The number of esters is 3. The minimum atomic E-state index is -2.35. The van der Waals surface area contributed by atoms with E-state index in [1.807, 2.05) is 0 Å². The van der Waals surface area contributed by atoms with Crippen molar-refractivity contribution in [3.63, 3.8) is 0 Å². The van der Waals surface area contributed by atoms with Gasteiger partial charge < -0.3 is 23.7 Å². The van der Waals surface area contributed by atoms with Crippen molar-refractivity contribution in [1.29, 1.82) is 0 Å². The number of hydrogen-bond acceptors (Lipinski definition) is 8. The molecule has 1 aromatic rings. The molecule has 2 fully saturated rings. The van der Waals surface area contributed by atoms with Gasteiger partial charge in [-0.05, 0) is 0 Å². The summed E-state index contributed by atoms with van der Waals surface area (Å²) in [6.45, 7) is -0.503. The highest BCUT2D eigenvalue weighted by molar-refractivity contribution is 6.12. The maximum Gasteiger partial charge on any atom is 0.354 e. The molecule has 0 N–H and O–H groups in total. The second-order valence-electron chi connectivity index (χ2n) is 5.05. The summed E-state index contributed by atoms with van der Waals surface area (Å²) >= 11 is 0. The number of hydrogen-bond donors (Lipinski definition) is 0. The monoisotopic (exact) mass is 322 g/mol. The first-order chi connectivity index (χ1) is 11.0. The van der Waals surface area contributed by atoms with Crippen LogP contribution in [-0.4, -0.2) is 49.9 Å². The van der Waals surface area contributed by atoms with Crippen LogP contribution >= 0.6 is 0 Å². The fourth-order valence-electron chi connectivity index (χ4n) is 2.76. The van der Waals surface area contributed by atoms with Crippen molar-refractivity contribution in [2.24, 2.45) is 0 Å². The van der Waals surface area contributed by atoms with Crippen LogP contribution in [0.3, 0.4) is 0 Å². The van der Waals surface area contributed by atoms with Crippen molar-refractivity contribution in [2.75, 3.05) is 20.8 Å². The molecule has 0 spiro atoms. The summed E-state index contributed by atoms with van der Waals surface area (Å²) in [6.07, 6.45) is -1.12. The molecule has 8 nitrogen and oxygen atoms in total. The molecule has 2 aliphatic heterocycles. The van der Waals surface area contributed by atoms with E-state index in [0.717, 1.165) is 14.2 Å². The van der Waals surface area contributed by atoms with E-state index in [1.54, 1.807) is 30.3 Å². The van der Waals surface area contributed by atoms with Gasteiger partial charge in [0, 0.05) is 5.56 Å². The van der Waals surface area contributed by atoms with Gasteiger partial charge in [-0.1, -0.05) is 30.3 Å². The normalized spacial score (nSPS) is 32.1. The summed E-state index contributed by atoms with van der Waals surface area (Å²) in [5.41, 5.74) is -3.87. The molecule has 2 heterocycles. The van der Waals surface area contributed by atoms with Gasteiger partial charge in [0.1, 0.15) is 6.61 Å². The topological polar surface area (TPSA) is 97.4 Å². The Morgan fingerprint density at radius 1 is 1.09 bits per heavy atom. The van der Waals surface area contributed by atoms with Gasteiger partial charge >= 0.3 is 23.5 Å². The first-order valence-corrected chi connectivity index (χ1v) is 6.76. The van der Waals surface area contributed by atoms with Gasteiger partial charge in [-0.3, -0.25) is 0 Å². The Hall–Kier alpha value is -2.45. The molecule has 23 heavy (non-hydrogen) atoms. The highest BCUT2D eigenvalue weighted by Crippen LogP contribution is 2.51. The molecule has 0 unspecified atom stereocenters. The first-order valence-electron chi connectivity index (χ1n) is 6.76. The van der Waals surface area contributed by atoms with E-state index in [1.165, 1.54) is 0 Å². The average molecular weight is 322 g/mol. The van der Waals surface area contributed by atoms with E-state index in [-0.39, 0.29) is 0 Å². The third kappa shape index (κ3) is 1.88. The largest absolute Gasteiger partial charge is 0.467 e. The highest BCUT2D eigenvalue weighted by Gasteiger charge is 2.81. The van der Waals surface area contributed by atoms with Crippen molar-refractivity contribution in [2.45, 2.75) is 17.5 Å². The lowest BCUT2D eigenvalue weighted by molar-refractivity contribution is -0.184. The van der Waals surface area contributed by atoms with Gasteiger partial charge in [0.2, 0.25) is 0 Å². The van der Waals surface area contributed by atoms with Crippen molar-refractivity contribution < 1.29 is 38.1 Å². The molecule has 3 atom stereocenters. The number of methoxy groups -OCH3 is 2. The predicted octanol–water partition coefficient (Wildman–Crippen LogP) is 0.112. The van der Waals surface area contributed by atoms with Crippen LogP contribution in [0.1, 0.15) is 11.9 Å². The van der Waals surface area contributed by atoms with Crippen LogP contribution in [0.4, 0.5) is 0 Å². The summed E-state index contributed by atoms with van der Waals surface area (Å²) < 4.78 is 25.5. The molecule has 2 saturated heterocycles. The van der Waals surface area contributed by atoms with Crippen LogP contribution in [0.5, 0.6) is 0 Å². The second-order valence-corrected chi connectivity index (χ2v) is 5.05. The number of cyclic esters (lactones) is 1. The fraction of sp³-hybridized carbons (Fsp3) is 0.400. The molecular weight excluding hydrogens is 308 g/mol. The molecule has 0 aliphatic carbocycles. The van der Waals surface area contributed by atoms with E-state index in [4.69, 9.17) is 18.9 Å². The molecule has 0 bridgehead atoms. The minimum Gasteiger partial charge on any atom is -0.467 e. The van der Waals surface area contributed by atoms with Crippen LogP contribution in [-0.2, 0) is 38.1 Å². The Kier molecular flexibility index (Phi) is 3.57. The Morgan fingerprint density at radius 3 is 2.35 bits per heavy atom. The van der Waals surface area contributed by atoms with E-state index in [9.17, 15) is 14.4 Å². The zero-order chi connectivity index (χ0) is 16.7. The van der Waals surface area contributed by atoms with E-state index in [2.05, 4.69) is 4.74 Å². The molecule has 1 aromatic carbocycles. The van der Waals surface area contributed by atoms with Crippen molar-refractivity contribution >= 4 is 17.9 Å². The summed E-state index contributed by atoms with van der Waals surface area (Å²) in [4.78, 5) is 36.8. The summed E-state index contributed by atoms with van der Waals surface area (Å²) in [6, 6.07) is 8.58. The second kappa shape index (κ2) is 5.32. The third-order valence-electron chi connectivity index (χ3n) is 3.91. The summed E-state index contributed by atoms with van der Waals surface area (Å²) in [5.74, 6) is -3.08. The Morgan fingerprint density at radius 2 is 1.74 bits per heavy atom. The van der Waals surface area contributed by atoms with Crippen LogP contribution in [0.25, 0.3) is 0 Å². The van der Waals surface area contributed by atoms with Crippen molar-refractivity contribution in [3.8, 4) is 0 Å². The molecule has 0 amide bonds. The number of fused-ring (bicyclic) bond motifs is 1. The number of ether oxygens (including phenoxy) is 5. The molecule has 0 aromatic heterocycles. The van der Waals surface area contributed by atoms with Crippen LogP contribution in [0.15, 0.2) is 30.3 Å². The molecule has 3 rings (SSSR count). The maximum atomic E-state index is 12.3.